The van der Waals surface area contributed by atoms with Gasteiger partial charge in [-0.05, 0) is 24.6 Å². The fourth-order valence-electron chi connectivity index (χ4n) is 1.58. The van der Waals surface area contributed by atoms with Crippen molar-refractivity contribution in [1.82, 2.24) is 10.2 Å². The third-order valence-electron chi connectivity index (χ3n) is 2.72. The lowest BCUT2D eigenvalue weighted by atomic mass is 10.1. The van der Waals surface area contributed by atoms with Crippen molar-refractivity contribution in [1.29, 1.82) is 0 Å². The molecule has 0 aromatic heterocycles. The zero-order valence-corrected chi connectivity index (χ0v) is 12.4. The van der Waals surface area contributed by atoms with Gasteiger partial charge in [0.15, 0.2) is 0 Å². The van der Waals surface area contributed by atoms with Crippen molar-refractivity contribution in [3.63, 3.8) is 0 Å². The Balaban J connectivity index is 2.50. The maximum Gasteiger partial charge on any atom is 0.223 e. The molecule has 5 heteroatoms. The molecule has 1 N–H and O–H groups in total. The molecule has 1 atom stereocenters. The second kappa shape index (κ2) is 6.85. The highest BCUT2D eigenvalue weighted by Gasteiger charge is 2.10. The van der Waals surface area contributed by atoms with Crippen LogP contribution in [0.3, 0.4) is 0 Å². The normalized spacial score (nSPS) is 12.3. The molecule has 0 aliphatic rings. The van der Waals surface area contributed by atoms with Crippen molar-refractivity contribution in [3.05, 3.63) is 34.1 Å². The molecule has 1 rings (SSSR count). The van der Waals surface area contributed by atoms with Gasteiger partial charge < -0.3 is 10.2 Å². The number of carbonyl (C=O) groups excluding carboxylic acids is 1. The summed E-state index contributed by atoms with van der Waals surface area (Å²) in [5.74, 6) is -0.173. The van der Waals surface area contributed by atoms with Crippen LogP contribution in [0.1, 0.15) is 24.9 Å². The molecule has 0 saturated carbocycles. The Morgan fingerprint density at radius 2 is 2.17 bits per heavy atom. The van der Waals surface area contributed by atoms with E-state index >= 15 is 0 Å². The van der Waals surface area contributed by atoms with E-state index in [2.05, 4.69) is 21.2 Å². The second-order valence-corrected chi connectivity index (χ2v) is 5.23. The molecule has 0 aliphatic heterocycles. The standard InChI is InChI=1S/C13H18BrFN2O/c1-9(16-7-6-13(18)17(2)3)11-5-4-10(15)8-12(11)14/h4-5,8-9,16H,6-7H2,1-3H3. The van der Waals surface area contributed by atoms with Crippen molar-refractivity contribution < 1.29 is 9.18 Å². The molecule has 1 unspecified atom stereocenters. The van der Waals surface area contributed by atoms with Crippen LogP contribution in [0.4, 0.5) is 4.39 Å². The van der Waals surface area contributed by atoms with Gasteiger partial charge in [-0.25, -0.2) is 4.39 Å². The molecule has 18 heavy (non-hydrogen) atoms. The first-order valence-corrected chi connectivity index (χ1v) is 6.59. The lowest BCUT2D eigenvalue weighted by Gasteiger charge is -2.17. The third-order valence-corrected chi connectivity index (χ3v) is 3.40. The number of rotatable bonds is 5. The Morgan fingerprint density at radius 3 is 2.72 bits per heavy atom. The largest absolute Gasteiger partial charge is 0.349 e. The highest BCUT2D eigenvalue weighted by Crippen LogP contribution is 2.23. The average Bonchev–Trinajstić information content (AvgIpc) is 2.28. The lowest BCUT2D eigenvalue weighted by molar-refractivity contribution is -0.128. The van der Waals surface area contributed by atoms with Crippen molar-refractivity contribution in [2.24, 2.45) is 0 Å². The molecule has 0 spiro atoms. The summed E-state index contributed by atoms with van der Waals surface area (Å²) < 4.78 is 13.7. The predicted molar refractivity (Wildman–Crippen MR) is 73.8 cm³/mol. The van der Waals surface area contributed by atoms with Gasteiger partial charge in [0.25, 0.3) is 0 Å². The first-order chi connectivity index (χ1) is 8.41. The molecule has 0 saturated heterocycles. The van der Waals surface area contributed by atoms with Gasteiger partial charge in [0.05, 0.1) is 0 Å². The van der Waals surface area contributed by atoms with Gasteiger partial charge in [-0.15, -0.1) is 0 Å². The van der Waals surface area contributed by atoms with E-state index in [0.29, 0.717) is 13.0 Å². The van der Waals surface area contributed by atoms with Crippen LogP contribution in [0.2, 0.25) is 0 Å². The molecular formula is C13H18BrFN2O. The molecule has 0 radical (unpaired) electrons. The monoisotopic (exact) mass is 316 g/mol. The fourth-order valence-corrected chi connectivity index (χ4v) is 2.28. The molecule has 0 aliphatic carbocycles. The van der Waals surface area contributed by atoms with E-state index in [9.17, 15) is 9.18 Å². The number of hydrogen-bond donors (Lipinski definition) is 1. The minimum atomic E-state index is -0.263. The Morgan fingerprint density at radius 1 is 1.50 bits per heavy atom. The Hall–Kier alpha value is -0.940. The quantitative estimate of drug-likeness (QED) is 0.906. The highest BCUT2D eigenvalue weighted by atomic mass is 79.9. The SMILES string of the molecule is CC(NCCC(=O)N(C)C)c1ccc(F)cc1Br. The van der Waals surface area contributed by atoms with E-state index in [0.717, 1.165) is 10.0 Å². The van der Waals surface area contributed by atoms with Crippen LogP contribution in [-0.2, 0) is 4.79 Å². The number of carbonyl (C=O) groups is 1. The van der Waals surface area contributed by atoms with E-state index in [-0.39, 0.29) is 17.8 Å². The highest BCUT2D eigenvalue weighted by molar-refractivity contribution is 9.10. The van der Waals surface area contributed by atoms with Gasteiger partial charge in [-0.2, -0.15) is 0 Å². The van der Waals surface area contributed by atoms with Gasteiger partial charge in [-0.3, -0.25) is 4.79 Å². The summed E-state index contributed by atoms with van der Waals surface area (Å²) in [5.41, 5.74) is 0.980. The Labute approximate surface area is 115 Å². The molecule has 100 valence electrons. The minimum absolute atomic E-state index is 0.0648. The molecule has 3 nitrogen and oxygen atoms in total. The van der Waals surface area contributed by atoms with Crippen LogP contribution in [0.5, 0.6) is 0 Å². The average molecular weight is 317 g/mol. The van der Waals surface area contributed by atoms with E-state index in [1.54, 1.807) is 25.1 Å². The summed E-state index contributed by atoms with van der Waals surface area (Å²) in [7, 11) is 3.48. The van der Waals surface area contributed by atoms with E-state index in [4.69, 9.17) is 0 Å². The summed E-state index contributed by atoms with van der Waals surface area (Å²) in [6.07, 6.45) is 0.455. The zero-order valence-electron chi connectivity index (χ0n) is 10.8. The number of amides is 1. The maximum atomic E-state index is 13.0. The van der Waals surface area contributed by atoms with Crippen LogP contribution in [0.15, 0.2) is 22.7 Å². The zero-order chi connectivity index (χ0) is 13.7. The maximum absolute atomic E-state index is 13.0. The fraction of sp³-hybridized carbons (Fsp3) is 0.462. The number of hydrogen-bond acceptors (Lipinski definition) is 2. The van der Waals surface area contributed by atoms with Crippen molar-refractivity contribution >= 4 is 21.8 Å². The smallest absolute Gasteiger partial charge is 0.223 e. The molecular weight excluding hydrogens is 299 g/mol. The van der Waals surface area contributed by atoms with E-state index in [1.165, 1.54) is 12.1 Å². The van der Waals surface area contributed by atoms with Gasteiger partial charge in [0.2, 0.25) is 5.91 Å². The van der Waals surface area contributed by atoms with Gasteiger partial charge >= 0.3 is 0 Å². The van der Waals surface area contributed by atoms with Crippen LogP contribution in [0, 0.1) is 5.82 Å². The van der Waals surface area contributed by atoms with Crippen LogP contribution < -0.4 is 5.32 Å². The second-order valence-electron chi connectivity index (χ2n) is 4.38. The first kappa shape index (κ1) is 15.1. The summed E-state index contributed by atoms with van der Waals surface area (Å²) >= 11 is 3.34. The Bertz CT molecular complexity index is 423. The molecule has 0 bridgehead atoms. The lowest BCUT2D eigenvalue weighted by Crippen LogP contribution is -2.28. The third kappa shape index (κ3) is 4.38. The topological polar surface area (TPSA) is 32.3 Å². The summed E-state index contributed by atoms with van der Waals surface area (Å²) in [6, 6.07) is 4.68. The molecule has 1 aromatic carbocycles. The van der Waals surface area contributed by atoms with Gasteiger partial charge in [-0.1, -0.05) is 22.0 Å². The first-order valence-electron chi connectivity index (χ1n) is 5.80. The number of nitrogens with zero attached hydrogens (tertiary/aromatic N) is 1. The van der Waals surface area contributed by atoms with Gasteiger partial charge in [0.1, 0.15) is 5.82 Å². The van der Waals surface area contributed by atoms with E-state index in [1.807, 2.05) is 6.92 Å². The number of halogens is 2. The molecule has 1 amide bonds. The summed E-state index contributed by atoms with van der Waals surface area (Å²) in [4.78, 5) is 13.0. The summed E-state index contributed by atoms with van der Waals surface area (Å²) in [6.45, 7) is 2.58. The molecule has 0 heterocycles. The Kier molecular flexibility index (Phi) is 5.75. The van der Waals surface area contributed by atoms with Crippen molar-refractivity contribution in [3.8, 4) is 0 Å². The van der Waals surface area contributed by atoms with Crippen LogP contribution in [0.25, 0.3) is 0 Å². The van der Waals surface area contributed by atoms with Crippen molar-refractivity contribution in [2.75, 3.05) is 20.6 Å². The van der Waals surface area contributed by atoms with Gasteiger partial charge in [0, 0.05) is 37.6 Å². The van der Waals surface area contributed by atoms with Crippen LogP contribution in [-0.4, -0.2) is 31.4 Å². The predicted octanol–water partition coefficient (Wildman–Crippen LogP) is 2.72. The minimum Gasteiger partial charge on any atom is -0.349 e. The summed E-state index contributed by atoms with van der Waals surface area (Å²) in [5, 5.41) is 3.25. The number of benzene rings is 1. The molecule has 0 fully saturated rings. The molecule has 1 aromatic rings. The van der Waals surface area contributed by atoms with Crippen LogP contribution >= 0.6 is 15.9 Å². The van der Waals surface area contributed by atoms with E-state index < -0.39 is 0 Å². The van der Waals surface area contributed by atoms with Crippen molar-refractivity contribution in [2.45, 2.75) is 19.4 Å². The number of nitrogens with one attached hydrogen (secondary N) is 1.